The van der Waals surface area contributed by atoms with Crippen molar-refractivity contribution in [2.75, 3.05) is 45.8 Å². The predicted octanol–water partition coefficient (Wildman–Crippen LogP) is 0.787. The standard InChI is InChI=1S/C14H25N3O3/c1-11(2)12-3-4-17(9-12)14(20)16-7-5-15(6-8-16)10-13(18)19/h11-12H,3-10H2,1-2H3,(H,18,19). The molecule has 2 heterocycles. The summed E-state index contributed by atoms with van der Waals surface area (Å²) in [6, 6.07) is 0.128. The van der Waals surface area contributed by atoms with Gasteiger partial charge in [0.2, 0.25) is 0 Å². The SMILES string of the molecule is CC(C)C1CCN(C(=O)N2CCN(CC(=O)O)CC2)C1. The fraction of sp³-hybridized carbons (Fsp3) is 0.857. The van der Waals surface area contributed by atoms with Crippen molar-refractivity contribution >= 4 is 12.0 Å². The number of hydrogen-bond acceptors (Lipinski definition) is 3. The molecule has 6 heteroatoms. The van der Waals surface area contributed by atoms with Crippen LogP contribution in [0.25, 0.3) is 0 Å². The average Bonchev–Trinajstić information content (AvgIpc) is 2.88. The summed E-state index contributed by atoms with van der Waals surface area (Å²) in [7, 11) is 0. The minimum Gasteiger partial charge on any atom is -0.480 e. The lowest BCUT2D eigenvalue weighted by molar-refractivity contribution is -0.138. The van der Waals surface area contributed by atoms with E-state index in [0.717, 1.165) is 19.5 Å². The molecule has 0 spiro atoms. The first-order valence-corrected chi connectivity index (χ1v) is 7.45. The second kappa shape index (κ2) is 6.43. The zero-order valence-corrected chi connectivity index (χ0v) is 12.4. The molecule has 0 aliphatic carbocycles. The number of hydrogen-bond donors (Lipinski definition) is 1. The molecule has 1 atom stereocenters. The van der Waals surface area contributed by atoms with Gasteiger partial charge in [-0.25, -0.2) is 4.79 Å². The first-order valence-electron chi connectivity index (χ1n) is 7.45. The summed E-state index contributed by atoms with van der Waals surface area (Å²) in [6.07, 6.45) is 1.10. The molecule has 0 radical (unpaired) electrons. The maximum absolute atomic E-state index is 12.4. The summed E-state index contributed by atoms with van der Waals surface area (Å²) in [5.41, 5.74) is 0. The van der Waals surface area contributed by atoms with Crippen LogP contribution in [0.5, 0.6) is 0 Å². The molecule has 0 aromatic carbocycles. The lowest BCUT2D eigenvalue weighted by Crippen LogP contribution is -2.53. The van der Waals surface area contributed by atoms with Crippen LogP contribution in [-0.2, 0) is 4.79 Å². The van der Waals surface area contributed by atoms with E-state index in [1.165, 1.54) is 0 Å². The highest BCUT2D eigenvalue weighted by atomic mass is 16.4. The number of amides is 2. The number of carbonyl (C=O) groups excluding carboxylic acids is 1. The molecule has 2 saturated heterocycles. The van der Waals surface area contributed by atoms with Gasteiger partial charge in [0, 0.05) is 39.3 Å². The van der Waals surface area contributed by atoms with Crippen molar-refractivity contribution in [2.45, 2.75) is 20.3 Å². The number of carbonyl (C=O) groups is 2. The van der Waals surface area contributed by atoms with E-state index in [0.29, 0.717) is 38.0 Å². The molecule has 6 nitrogen and oxygen atoms in total. The molecule has 114 valence electrons. The van der Waals surface area contributed by atoms with Crippen molar-refractivity contribution in [3.05, 3.63) is 0 Å². The molecule has 2 fully saturated rings. The maximum atomic E-state index is 12.4. The van der Waals surface area contributed by atoms with Crippen molar-refractivity contribution in [3.63, 3.8) is 0 Å². The molecule has 0 aromatic heterocycles. The van der Waals surface area contributed by atoms with Gasteiger partial charge < -0.3 is 14.9 Å². The Labute approximate surface area is 120 Å². The highest BCUT2D eigenvalue weighted by molar-refractivity contribution is 5.75. The zero-order valence-electron chi connectivity index (χ0n) is 12.4. The topological polar surface area (TPSA) is 64.1 Å². The van der Waals surface area contributed by atoms with Crippen molar-refractivity contribution in [1.29, 1.82) is 0 Å². The number of carboxylic acids is 1. The number of likely N-dealkylation sites (tertiary alicyclic amines) is 1. The number of urea groups is 1. The minimum atomic E-state index is -0.802. The van der Waals surface area contributed by atoms with Gasteiger partial charge >= 0.3 is 12.0 Å². The fourth-order valence-electron chi connectivity index (χ4n) is 2.99. The van der Waals surface area contributed by atoms with E-state index in [9.17, 15) is 9.59 Å². The lowest BCUT2D eigenvalue weighted by Gasteiger charge is -2.36. The molecule has 0 aromatic rings. The fourth-order valence-corrected chi connectivity index (χ4v) is 2.99. The second-order valence-electron chi connectivity index (χ2n) is 6.18. The van der Waals surface area contributed by atoms with E-state index >= 15 is 0 Å². The van der Waals surface area contributed by atoms with E-state index < -0.39 is 5.97 Å². The summed E-state index contributed by atoms with van der Waals surface area (Å²) in [5, 5.41) is 8.76. The van der Waals surface area contributed by atoms with Crippen LogP contribution in [0.15, 0.2) is 0 Å². The average molecular weight is 283 g/mol. The summed E-state index contributed by atoms with van der Waals surface area (Å²) in [5.74, 6) is 0.441. The Morgan fingerprint density at radius 1 is 1.10 bits per heavy atom. The van der Waals surface area contributed by atoms with Crippen LogP contribution in [0.1, 0.15) is 20.3 Å². The normalized spacial score (nSPS) is 24.4. The molecule has 0 saturated carbocycles. The third kappa shape index (κ3) is 3.62. The van der Waals surface area contributed by atoms with E-state index in [4.69, 9.17) is 5.11 Å². The smallest absolute Gasteiger partial charge is 0.320 e. The Morgan fingerprint density at radius 2 is 1.75 bits per heavy atom. The van der Waals surface area contributed by atoms with Crippen LogP contribution in [0.2, 0.25) is 0 Å². The molecule has 2 aliphatic heterocycles. The molecule has 2 rings (SSSR count). The van der Waals surface area contributed by atoms with Crippen molar-refractivity contribution in [1.82, 2.24) is 14.7 Å². The summed E-state index contributed by atoms with van der Waals surface area (Å²) in [6.45, 7) is 8.79. The minimum absolute atomic E-state index is 0.0706. The van der Waals surface area contributed by atoms with E-state index in [2.05, 4.69) is 13.8 Å². The van der Waals surface area contributed by atoms with Crippen molar-refractivity contribution < 1.29 is 14.7 Å². The van der Waals surface area contributed by atoms with E-state index in [-0.39, 0.29) is 12.6 Å². The molecule has 20 heavy (non-hydrogen) atoms. The highest BCUT2D eigenvalue weighted by Crippen LogP contribution is 2.24. The third-order valence-corrected chi connectivity index (χ3v) is 4.44. The third-order valence-electron chi connectivity index (χ3n) is 4.44. The predicted molar refractivity (Wildman–Crippen MR) is 75.6 cm³/mol. The Balaban J connectivity index is 1.79. The Hall–Kier alpha value is -1.30. The van der Waals surface area contributed by atoms with Crippen molar-refractivity contribution in [2.24, 2.45) is 11.8 Å². The number of nitrogens with zero attached hydrogens (tertiary/aromatic N) is 3. The van der Waals surface area contributed by atoms with Crippen LogP contribution in [0, 0.1) is 11.8 Å². The van der Waals surface area contributed by atoms with E-state index in [1.807, 2.05) is 14.7 Å². The quantitative estimate of drug-likeness (QED) is 0.831. The monoisotopic (exact) mass is 283 g/mol. The van der Waals surface area contributed by atoms with Gasteiger partial charge in [-0.2, -0.15) is 0 Å². The largest absolute Gasteiger partial charge is 0.480 e. The summed E-state index contributed by atoms with van der Waals surface area (Å²) >= 11 is 0. The number of piperazine rings is 1. The van der Waals surface area contributed by atoms with Crippen molar-refractivity contribution in [3.8, 4) is 0 Å². The highest BCUT2D eigenvalue weighted by Gasteiger charge is 2.32. The maximum Gasteiger partial charge on any atom is 0.320 e. The van der Waals surface area contributed by atoms with Gasteiger partial charge in [-0.15, -0.1) is 0 Å². The molecule has 1 N–H and O–H groups in total. The molecule has 1 unspecified atom stereocenters. The van der Waals surface area contributed by atoms with Gasteiger partial charge in [-0.3, -0.25) is 9.69 Å². The van der Waals surface area contributed by atoms with Gasteiger partial charge in [-0.05, 0) is 18.3 Å². The second-order valence-corrected chi connectivity index (χ2v) is 6.18. The van der Waals surface area contributed by atoms with Crippen LogP contribution < -0.4 is 0 Å². The van der Waals surface area contributed by atoms with Crippen LogP contribution in [0.4, 0.5) is 4.79 Å². The van der Waals surface area contributed by atoms with Crippen LogP contribution >= 0.6 is 0 Å². The lowest BCUT2D eigenvalue weighted by atomic mass is 9.95. The van der Waals surface area contributed by atoms with Gasteiger partial charge in [0.1, 0.15) is 0 Å². The number of carboxylic acid groups (broad SMARTS) is 1. The molecular formula is C14H25N3O3. The first-order chi connectivity index (χ1) is 9.47. The molecule has 2 amide bonds. The zero-order chi connectivity index (χ0) is 14.7. The summed E-state index contributed by atoms with van der Waals surface area (Å²) < 4.78 is 0. The van der Waals surface area contributed by atoms with Gasteiger partial charge in [-0.1, -0.05) is 13.8 Å². The summed E-state index contributed by atoms with van der Waals surface area (Å²) in [4.78, 5) is 28.8. The number of rotatable bonds is 3. The Bertz CT molecular complexity index is 365. The van der Waals surface area contributed by atoms with Gasteiger partial charge in [0.15, 0.2) is 0 Å². The number of aliphatic carboxylic acids is 1. The molecular weight excluding hydrogens is 258 g/mol. The van der Waals surface area contributed by atoms with Gasteiger partial charge in [0.25, 0.3) is 0 Å². The Morgan fingerprint density at radius 3 is 2.25 bits per heavy atom. The van der Waals surface area contributed by atoms with Gasteiger partial charge in [0.05, 0.1) is 6.54 Å². The van der Waals surface area contributed by atoms with Crippen LogP contribution in [-0.4, -0.2) is 77.6 Å². The van der Waals surface area contributed by atoms with E-state index in [1.54, 1.807) is 0 Å². The first kappa shape index (κ1) is 15.1. The Kier molecular flexibility index (Phi) is 4.86. The van der Waals surface area contributed by atoms with Crippen LogP contribution in [0.3, 0.4) is 0 Å². The molecule has 0 bridgehead atoms. The molecule has 2 aliphatic rings.